The molecule has 2 aromatic rings. The molecule has 3 heteroatoms. The fraction of sp³-hybridized carbons (Fsp3) is 0.333. The van der Waals surface area contributed by atoms with Gasteiger partial charge in [0.2, 0.25) is 0 Å². The first-order valence-electron chi connectivity index (χ1n) is 6.18. The van der Waals surface area contributed by atoms with E-state index >= 15 is 0 Å². The predicted molar refractivity (Wildman–Crippen MR) is 69.2 cm³/mol. The van der Waals surface area contributed by atoms with Crippen molar-refractivity contribution in [2.45, 2.75) is 24.9 Å². The molecule has 96 valence electrons. The van der Waals surface area contributed by atoms with Crippen molar-refractivity contribution in [3.05, 3.63) is 60.1 Å². The minimum Gasteiger partial charge on any atom is -0.467 e. The van der Waals surface area contributed by atoms with Crippen LogP contribution in [0.25, 0.3) is 0 Å². The summed E-state index contributed by atoms with van der Waals surface area (Å²) in [6.07, 6.45) is 2.12. The molecule has 2 N–H and O–H groups in total. The maximum atomic E-state index is 10.1. The highest BCUT2D eigenvalue weighted by Crippen LogP contribution is 2.30. The summed E-state index contributed by atoms with van der Waals surface area (Å²) in [7, 11) is 0. The smallest absolute Gasteiger partial charge is 0.132 e. The van der Waals surface area contributed by atoms with Gasteiger partial charge >= 0.3 is 0 Å². The Hall–Kier alpha value is -1.58. The molecule has 1 heterocycles. The molecule has 0 aliphatic heterocycles. The Morgan fingerprint density at radius 1 is 1.06 bits per heavy atom. The Labute approximate surface area is 107 Å². The van der Waals surface area contributed by atoms with E-state index in [1.54, 1.807) is 18.4 Å². The van der Waals surface area contributed by atoms with Crippen molar-refractivity contribution < 1.29 is 14.6 Å². The average molecular weight is 246 g/mol. The fourth-order valence-electron chi connectivity index (χ4n) is 2.17. The molecule has 0 aliphatic carbocycles. The van der Waals surface area contributed by atoms with Crippen molar-refractivity contribution in [3.63, 3.8) is 0 Å². The molecule has 1 aromatic heterocycles. The van der Waals surface area contributed by atoms with Crippen LogP contribution in [-0.2, 0) is 0 Å². The Bertz CT molecular complexity index is 436. The molecule has 0 aliphatic rings. The second-order valence-electron chi connectivity index (χ2n) is 4.39. The summed E-state index contributed by atoms with van der Waals surface area (Å²) in [6, 6.07) is 13.5. The zero-order valence-electron chi connectivity index (χ0n) is 10.2. The van der Waals surface area contributed by atoms with Crippen LogP contribution in [0.5, 0.6) is 0 Å². The van der Waals surface area contributed by atoms with Gasteiger partial charge in [0.05, 0.1) is 6.26 Å². The number of rotatable bonds is 6. The highest BCUT2D eigenvalue weighted by molar-refractivity contribution is 5.20. The van der Waals surface area contributed by atoms with Crippen LogP contribution in [0.3, 0.4) is 0 Å². The van der Waals surface area contributed by atoms with Crippen LogP contribution in [-0.4, -0.2) is 16.8 Å². The van der Waals surface area contributed by atoms with E-state index in [2.05, 4.69) is 0 Å². The topological polar surface area (TPSA) is 53.6 Å². The molecular formula is C15H18O3. The first-order chi connectivity index (χ1) is 8.81. The number of hydrogen-bond donors (Lipinski definition) is 2. The van der Waals surface area contributed by atoms with E-state index in [9.17, 15) is 5.11 Å². The van der Waals surface area contributed by atoms with E-state index in [1.165, 1.54) is 0 Å². The van der Waals surface area contributed by atoms with Crippen molar-refractivity contribution in [1.82, 2.24) is 0 Å². The molecule has 1 aromatic carbocycles. The van der Waals surface area contributed by atoms with Crippen LogP contribution in [0, 0.1) is 0 Å². The molecule has 2 rings (SSSR count). The third kappa shape index (κ3) is 3.22. The first-order valence-corrected chi connectivity index (χ1v) is 6.18. The lowest BCUT2D eigenvalue weighted by molar-refractivity contribution is 0.126. The monoisotopic (exact) mass is 246 g/mol. The summed E-state index contributed by atoms with van der Waals surface area (Å²) in [5, 5.41) is 19.2. The van der Waals surface area contributed by atoms with Gasteiger partial charge in [-0.05, 0) is 36.5 Å². The minimum absolute atomic E-state index is 0.116. The molecule has 0 saturated heterocycles. The highest BCUT2D eigenvalue weighted by Gasteiger charge is 2.18. The summed E-state index contributed by atoms with van der Waals surface area (Å²) >= 11 is 0. The highest BCUT2D eigenvalue weighted by atomic mass is 16.4. The van der Waals surface area contributed by atoms with E-state index in [4.69, 9.17) is 9.52 Å². The van der Waals surface area contributed by atoms with E-state index < -0.39 is 6.10 Å². The van der Waals surface area contributed by atoms with Crippen LogP contribution >= 0.6 is 0 Å². The van der Waals surface area contributed by atoms with Gasteiger partial charge in [0, 0.05) is 6.61 Å². The van der Waals surface area contributed by atoms with E-state index in [1.807, 2.05) is 30.3 Å². The van der Waals surface area contributed by atoms with Gasteiger partial charge < -0.3 is 14.6 Å². The number of hydrogen-bond acceptors (Lipinski definition) is 3. The summed E-state index contributed by atoms with van der Waals surface area (Å²) in [6.45, 7) is 0.116. The van der Waals surface area contributed by atoms with Crippen LogP contribution < -0.4 is 0 Å². The first kappa shape index (κ1) is 12.9. The second kappa shape index (κ2) is 6.38. The van der Waals surface area contributed by atoms with Crippen LogP contribution in [0.4, 0.5) is 0 Å². The van der Waals surface area contributed by atoms with E-state index in [-0.39, 0.29) is 12.5 Å². The Balaban J connectivity index is 2.07. The van der Waals surface area contributed by atoms with Crippen LogP contribution in [0.2, 0.25) is 0 Å². The maximum absolute atomic E-state index is 10.1. The lowest BCUT2D eigenvalue weighted by Crippen LogP contribution is -2.07. The molecule has 0 spiro atoms. The molecule has 2 unspecified atom stereocenters. The van der Waals surface area contributed by atoms with E-state index in [0.717, 1.165) is 5.56 Å². The van der Waals surface area contributed by atoms with Gasteiger partial charge in [-0.15, -0.1) is 0 Å². The van der Waals surface area contributed by atoms with Crippen molar-refractivity contribution in [2.24, 2.45) is 0 Å². The second-order valence-corrected chi connectivity index (χ2v) is 4.39. The van der Waals surface area contributed by atoms with Crippen molar-refractivity contribution in [3.8, 4) is 0 Å². The lowest BCUT2D eigenvalue weighted by Gasteiger charge is -2.19. The molecule has 18 heavy (non-hydrogen) atoms. The van der Waals surface area contributed by atoms with Gasteiger partial charge in [-0.3, -0.25) is 0 Å². The summed E-state index contributed by atoms with van der Waals surface area (Å²) in [5.74, 6) is 0.713. The molecule has 0 radical (unpaired) electrons. The number of aliphatic hydroxyl groups is 2. The summed E-state index contributed by atoms with van der Waals surface area (Å²) in [5.41, 5.74) is 1.14. The molecule has 0 bridgehead atoms. The number of benzene rings is 1. The van der Waals surface area contributed by atoms with Gasteiger partial charge in [0.1, 0.15) is 11.9 Å². The summed E-state index contributed by atoms with van der Waals surface area (Å²) < 4.78 is 5.20. The quantitative estimate of drug-likeness (QED) is 0.824. The third-order valence-corrected chi connectivity index (χ3v) is 3.13. The molecular weight excluding hydrogens is 228 g/mol. The average Bonchev–Trinajstić information content (AvgIpc) is 2.93. The molecule has 0 fully saturated rings. The molecule has 0 amide bonds. The van der Waals surface area contributed by atoms with Crippen molar-refractivity contribution in [2.75, 3.05) is 6.61 Å². The zero-order chi connectivity index (χ0) is 12.8. The van der Waals surface area contributed by atoms with Gasteiger partial charge in [0.25, 0.3) is 0 Å². The fourth-order valence-corrected chi connectivity index (χ4v) is 2.17. The Morgan fingerprint density at radius 2 is 1.83 bits per heavy atom. The predicted octanol–water partition coefficient (Wildman–Crippen LogP) is 2.87. The van der Waals surface area contributed by atoms with Gasteiger partial charge in [-0.2, -0.15) is 0 Å². The number of furan rings is 1. The molecule has 3 nitrogen and oxygen atoms in total. The van der Waals surface area contributed by atoms with Crippen LogP contribution in [0.1, 0.15) is 36.2 Å². The molecule has 2 atom stereocenters. The lowest BCUT2D eigenvalue weighted by atomic mass is 9.90. The minimum atomic E-state index is -0.628. The summed E-state index contributed by atoms with van der Waals surface area (Å²) in [4.78, 5) is 0. The molecule has 0 saturated carbocycles. The Morgan fingerprint density at radius 3 is 2.44 bits per heavy atom. The third-order valence-electron chi connectivity index (χ3n) is 3.13. The van der Waals surface area contributed by atoms with Gasteiger partial charge in [-0.25, -0.2) is 0 Å². The standard InChI is InChI=1S/C15H18O3/c16-9-8-13(12-5-2-1-3-6-12)11-14(17)15-7-4-10-18-15/h1-7,10,13-14,16-17H,8-9,11H2. The van der Waals surface area contributed by atoms with Crippen molar-refractivity contribution >= 4 is 0 Å². The normalized spacial score (nSPS) is 14.3. The zero-order valence-corrected chi connectivity index (χ0v) is 10.2. The largest absolute Gasteiger partial charge is 0.467 e. The number of aliphatic hydroxyl groups excluding tert-OH is 2. The van der Waals surface area contributed by atoms with Gasteiger partial charge in [0.15, 0.2) is 0 Å². The SMILES string of the molecule is OCCC(CC(O)c1ccco1)c1ccccc1. The van der Waals surface area contributed by atoms with Crippen LogP contribution in [0.15, 0.2) is 53.1 Å². The Kier molecular flexibility index (Phi) is 4.56. The maximum Gasteiger partial charge on any atom is 0.132 e. The van der Waals surface area contributed by atoms with Crippen molar-refractivity contribution in [1.29, 1.82) is 0 Å². The van der Waals surface area contributed by atoms with E-state index in [0.29, 0.717) is 18.6 Å². The van der Waals surface area contributed by atoms with Gasteiger partial charge in [-0.1, -0.05) is 30.3 Å².